The summed E-state index contributed by atoms with van der Waals surface area (Å²) in [6.45, 7) is 2.76. The van der Waals surface area contributed by atoms with E-state index in [1.165, 1.54) is 18.2 Å². The topological polar surface area (TPSA) is 95.7 Å². The number of piperidine rings is 1. The number of nitro groups is 1. The van der Waals surface area contributed by atoms with Crippen LogP contribution in [0.25, 0.3) is 0 Å². The van der Waals surface area contributed by atoms with Crippen molar-refractivity contribution in [2.45, 2.75) is 38.1 Å². The Labute approximate surface area is 174 Å². The number of amides is 1. The smallest absolute Gasteiger partial charge is 0.405 e. The molecule has 1 heterocycles. The van der Waals surface area contributed by atoms with E-state index in [4.69, 9.17) is 0 Å². The highest BCUT2D eigenvalue weighted by molar-refractivity contribution is 5.66. The molecule has 160 valence electrons. The maximum atomic E-state index is 14.4. The van der Waals surface area contributed by atoms with Crippen molar-refractivity contribution in [2.75, 3.05) is 18.0 Å². The second-order valence-corrected chi connectivity index (χ2v) is 7.96. The minimum absolute atomic E-state index is 0.0122. The van der Waals surface area contributed by atoms with Crippen molar-refractivity contribution in [2.24, 2.45) is 5.92 Å². The second kappa shape index (κ2) is 9.11. The van der Waals surface area contributed by atoms with Crippen LogP contribution in [-0.4, -0.2) is 34.8 Å². The number of nitrogens with zero attached hydrogens (tertiary/aromatic N) is 2. The Balaban J connectivity index is 1.73. The van der Waals surface area contributed by atoms with Crippen LogP contribution in [0.4, 0.5) is 20.6 Å². The second-order valence-electron chi connectivity index (χ2n) is 7.96. The fourth-order valence-electron chi connectivity index (χ4n) is 4.37. The SMILES string of the molecule is CC(CCc1ccccc1)(NC(=O)O)C1CCN(c2c(F)cccc2[N+](=O)[O-])CC1. The Hall–Kier alpha value is -3.16. The van der Waals surface area contributed by atoms with E-state index in [2.05, 4.69) is 5.32 Å². The van der Waals surface area contributed by atoms with E-state index in [0.29, 0.717) is 32.4 Å². The van der Waals surface area contributed by atoms with Crippen molar-refractivity contribution in [1.29, 1.82) is 0 Å². The number of para-hydroxylation sites is 1. The minimum Gasteiger partial charge on any atom is -0.465 e. The lowest BCUT2D eigenvalue weighted by atomic mass is 9.75. The summed E-state index contributed by atoms with van der Waals surface area (Å²) >= 11 is 0. The molecule has 0 spiro atoms. The van der Waals surface area contributed by atoms with Crippen LogP contribution in [0.1, 0.15) is 31.7 Å². The van der Waals surface area contributed by atoms with Crippen LogP contribution in [0.2, 0.25) is 0 Å². The molecule has 2 N–H and O–H groups in total. The molecule has 1 unspecified atom stereocenters. The molecule has 8 heteroatoms. The lowest BCUT2D eigenvalue weighted by molar-refractivity contribution is -0.384. The Morgan fingerprint density at radius 3 is 2.50 bits per heavy atom. The van der Waals surface area contributed by atoms with Crippen LogP contribution < -0.4 is 10.2 Å². The molecule has 0 bridgehead atoms. The number of aryl methyl sites for hydroxylation is 1. The van der Waals surface area contributed by atoms with Gasteiger partial charge in [-0.3, -0.25) is 10.1 Å². The summed E-state index contributed by atoms with van der Waals surface area (Å²) < 4.78 is 14.4. The molecular weight excluding hydrogens is 389 g/mol. The fourth-order valence-corrected chi connectivity index (χ4v) is 4.37. The van der Waals surface area contributed by atoms with Gasteiger partial charge in [-0.1, -0.05) is 36.4 Å². The molecule has 1 saturated heterocycles. The highest BCUT2D eigenvalue weighted by Gasteiger charge is 2.38. The number of rotatable bonds is 7. The molecule has 3 rings (SSSR count). The average Bonchev–Trinajstić information content (AvgIpc) is 2.72. The Kier molecular flexibility index (Phi) is 6.54. The molecule has 2 aromatic rings. The molecule has 1 atom stereocenters. The first kappa shape index (κ1) is 21.5. The van der Waals surface area contributed by atoms with Gasteiger partial charge in [0.2, 0.25) is 0 Å². The van der Waals surface area contributed by atoms with Gasteiger partial charge < -0.3 is 15.3 Å². The van der Waals surface area contributed by atoms with Crippen molar-refractivity contribution < 1.29 is 19.2 Å². The van der Waals surface area contributed by atoms with Gasteiger partial charge in [-0.05, 0) is 50.2 Å². The normalized spacial score (nSPS) is 16.7. The molecule has 30 heavy (non-hydrogen) atoms. The van der Waals surface area contributed by atoms with E-state index in [1.54, 1.807) is 4.90 Å². The van der Waals surface area contributed by atoms with E-state index in [9.17, 15) is 24.4 Å². The Bertz CT molecular complexity index is 901. The van der Waals surface area contributed by atoms with E-state index in [1.807, 2.05) is 37.3 Å². The molecule has 1 fully saturated rings. The number of benzene rings is 2. The summed E-state index contributed by atoms with van der Waals surface area (Å²) in [7, 11) is 0. The first-order valence-electron chi connectivity index (χ1n) is 10.0. The van der Waals surface area contributed by atoms with Gasteiger partial charge in [0, 0.05) is 24.7 Å². The number of halogens is 1. The molecule has 1 amide bonds. The molecule has 1 aliphatic rings. The molecule has 0 radical (unpaired) electrons. The zero-order valence-corrected chi connectivity index (χ0v) is 16.9. The first-order valence-corrected chi connectivity index (χ1v) is 10.0. The lowest BCUT2D eigenvalue weighted by Crippen LogP contribution is -2.54. The van der Waals surface area contributed by atoms with Gasteiger partial charge in [0.15, 0.2) is 11.5 Å². The summed E-state index contributed by atoms with van der Waals surface area (Å²) in [6.07, 6.45) is 1.51. The van der Waals surface area contributed by atoms with Crippen LogP contribution in [0.5, 0.6) is 0 Å². The number of carbonyl (C=O) groups is 1. The maximum Gasteiger partial charge on any atom is 0.405 e. The zero-order chi connectivity index (χ0) is 21.7. The predicted octanol–water partition coefficient (Wildman–Crippen LogP) is 4.61. The average molecular weight is 415 g/mol. The molecule has 7 nitrogen and oxygen atoms in total. The van der Waals surface area contributed by atoms with Crippen molar-refractivity contribution in [1.82, 2.24) is 5.32 Å². The quantitative estimate of drug-likeness (QED) is 0.509. The fraction of sp³-hybridized carbons (Fsp3) is 0.409. The first-order chi connectivity index (χ1) is 14.3. The van der Waals surface area contributed by atoms with Crippen LogP contribution in [-0.2, 0) is 6.42 Å². The Morgan fingerprint density at radius 2 is 1.90 bits per heavy atom. The summed E-state index contributed by atoms with van der Waals surface area (Å²) in [5.41, 5.74) is 0.256. The van der Waals surface area contributed by atoms with E-state index in [-0.39, 0.29) is 17.3 Å². The number of hydrogen-bond donors (Lipinski definition) is 2. The zero-order valence-electron chi connectivity index (χ0n) is 16.9. The van der Waals surface area contributed by atoms with Gasteiger partial charge in [-0.2, -0.15) is 0 Å². The third kappa shape index (κ3) is 4.87. The third-order valence-corrected chi connectivity index (χ3v) is 6.04. The largest absolute Gasteiger partial charge is 0.465 e. The van der Waals surface area contributed by atoms with Crippen LogP contribution in [0.15, 0.2) is 48.5 Å². The monoisotopic (exact) mass is 415 g/mol. The molecule has 0 aliphatic carbocycles. The van der Waals surface area contributed by atoms with Gasteiger partial charge in [-0.15, -0.1) is 0 Å². The van der Waals surface area contributed by atoms with Crippen molar-refractivity contribution in [3.63, 3.8) is 0 Å². The summed E-state index contributed by atoms with van der Waals surface area (Å²) in [4.78, 5) is 23.9. The highest BCUT2D eigenvalue weighted by atomic mass is 19.1. The lowest BCUT2D eigenvalue weighted by Gasteiger charge is -2.43. The summed E-state index contributed by atoms with van der Waals surface area (Å²) in [6, 6.07) is 13.7. The van der Waals surface area contributed by atoms with E-state index in [0.717, 1.165) is 12.0 Å². The van der Waals surface area contributed by atoms with Crippen LogP contribution in [0.3, 0.4) is 0 Å². The molecule has 2 aromatic carbocycles. The summed E-state index contributed by atoms with van der Waals surface area (Å²) in [5, 5.41) is 23.4. The standard InChI is InChI=1S/C22H26FN3O4/c1-22(24-21(27)28,13-10-16-6-3-2-4-7-16)17-11-14-25(15-12-17)20-18(23)8-5-9-19(20)26(29)30/h2-9,17,24H,10-15H2,1H3,(H,27,28). The van der Waals surface area contributed by atoms with Gasteiger partial charge in [-0.25, -0.2) is 9.18 Å². The number of hydrogen-bond acceptors (Lipinski definition) is 4. The number of anilines is 1. The molecule has 1 aliphatic heterocycles. The van der Waals surface area contributed by atoms with Crippen LogP contribution >= 0.6 is 0 Å². The number of carboxylic acid groups (broad SMARTS) is 1. The molecule has 0 aromatic heterocycles. The van der Waals surface area contributed by atoms with Crippen molar-refractivity contribution >= 4 is 17.5 Å². The molecule has 0 saturated carbocycles. The predicted molar refractivity (Wildman–Crippen MR) is 112 cm³/mol. The van der Waals surface area contributed by atoms with Crippen molar-refractivity contribution in [3.05, 3.63) is 70.0 Å². The maximum absolute atomic E-state index is 14.4. The third-order valence-electron chi connectivity index (χ3n) is 6.04. The Morgan fingerprint density at radius 1 is 1.23 bits per heavy atom. The van der Waals surface area contributed by atoms with Gasteiger partial charge >= 0.3 is 6.09 Å². The molecular formula is C22H26FN3O4. The summed E-state index contributed by atoms with van der Waals surface area (Å²) in [5.74, 6) is -0.572. The van der Waals surface area contributed by atoms with Gasteiger partial charge in [0.05, 0.1) is 4.92 Å². The van der Waals surface area contributed by atoms with E-state index < -0.39 is 22.4 Å². The minimum atomic E-state index is -1.07. The van der Waals surface area contributed by atoms with E-state index >= 15 is 0 Å². The van der Waals surface area contributed by atoms with Gasteiger partial charge in [0.1, 0.15) is 0 Å². The highest BCUT2D eigenvalue weighted by Crippen LogP contribution is 2.37. The number of nitro benzene ring substituents is 1. The number of nitrogens with one attached hydrogen (secondary N) is 1. The van der Waals surface area contributed by atoms with Crippen molar-refractivity contribution in [3.8, 4) is 0 Å². The van der Waals surface area contributed by atoms with Gasteiger partial charge in [0.25, 0.3) is 5.69 Å². The van der Waals surface area contributed by atoms with Crippen LogP contribution in [0, 0.1) is 21.8 Å².